The highest BCUT2D eigenvalue weighted by Crippen LogP contribution is 2.41. The van der Waals surface area contributed by atoms with Gasteiger partial charge < -0.3 is 10.4 Å². The normalized spacial score (nSPS) is 12.4. The Balaban J connectivity index is 1.61. The number of rotatable bonds is 5. The van der Waals surface area contributed by atoms with Gasteiger partial charge in [0.15, 0.2) is 15.5 Å². The lowest BCUT2D eigenvalue weighted by Crippen LogP contribution is -2.19. The zero-order valence-corrected chi connectivity index (χ0v) is 26.4. The molecule has 0 spiro atoms. The first-order valence-electron chi connectivity index (χ1n) is 14.1. The van der Waals surface area contributed by atoms with Crippen molar-refractivity contribution in [1.29, 1.82) is 0 Å². The highest BCUT2D eigenvalue weighted by atomic mass is 32.2. The zero-order valence-electron chi connectivity index (χ0n) is 25.6. The number of sulfone groups is 1. The molecule has 43 heavy (non-hydrogen) atoms. The first-order chi connectivity index (χ1) is 20.0. The molecule has 0 aliphatic carbocycles. The fourth-order valence-corrected chi connectivity index (χ4v) is 5.75. The van der Waals surface area contributed by atoms with Crippen molar-refractivity contribution in [1.82, 2.24) is 9.78 Å². The number of carbonyl (C=O) groups excluding carboxylic acids is 1. The number of nitrogens with zero attached hydrogens (tertiary/aromatic N) is 2. The molecule has 0 fully saturated rings. The van der Waals surface area contributed by atoms with Gasteiger partial charge in [-0.25, -0.2) is 13.1 Å². The molecule has 5 aromatic rings. The van der Waals surface area contributed by atoms with Crippen LogP contribution in [0.3, 0.4) is 0 Å². The van der Waals surface area contributed by atoms with Gasteiger partial charge in [0.25, 0.3) is 5.91 Å². The average molecular weight is 596 g/mol. The Morgan fingerprint density at radius 3 is 1.93 bits per heavy atom. The van der Waals surface area contributed by atoms with Crippen LogP contribution in [0.1, 0.15) is 63.2 Å². The molecular weight excluding hydrogens is 558 g/mol. The summed E-state index contributed by atoms with van der Waals surface area (Å²) in [5.74, 6) is -0.169. The molecule has 0 unspecified atom stereocenters. The van der Waals surface area contributed by atoms with Gasteiger partial charge in [-0.05, 0) is 70.1 Å². The number of benzene rings is 4. The number of phenolic OH excluding ortho intramolecular Hbond substituents is 1. The molecule has 0 saturated carbocycles. The molecule has 5 rings (SSSR count). The summed E-state index contributed by atoms with van der Waals surface area (Å²) in [5.41, 5.74) is 3.68. The smallest absolute Gasteiger partial charge is 0.276 e. The summed E-state index contributed by atoms with van der Waals surface area (Å²) in [6, 6.07) is 25.9. The van der Waals surface area contributed by atoms with E-state index in [9.17, 15) is 18.3 Å². The van der Waals surface area contributed by atoms with Gasteiger partial charge in [-0.3, -0.25) is 4.79 Å². The maximum absolute atomic E-state index is 13.7. The van der Waals surface area contributed by atoms with E-state index >= 15 is 0 Å². The summed E-state index contributed by atoms with van der Waals surface area (Å²) in [7, 11) is -3.37. The Kier molecular flexibility index (Phi) is 7.47. The van der Waals surface area contributed by atoms with E-state index < -0.39 is 15.7 Å². The van der Waals surface area contributed by atoms with Crippen molar-refractivity contribution in [3.8, 4) is 22.7 Å². The Labute approximate surface area is 253 Å². The summed E-state index contributed by atoms with van der Waals surface area (Å²) >= 11 is 0. The fourth-order valence-electron chi connectivity index (χ4n) is 5.12. The second kappa shape index (κ2) is 10.7. The molecule has 0 saturated heterocycles. The van der Waals surface area contributed by atoms with Crippen LogP contribution in [-0.4, -0.2) is 35.5 Å². The number of anilines is 1. The van der Waals surface area contributed by atoms with Crippen molar-refractivity contribution < 1.29 is 18.3 Å². The van der Waals surface area contributed by atoms with Crippen molar-refractivity contribution in [3.63, 3.8) is 0 Å². The van der Waals surface area contributed by atoms with Crippen molar-refractivity contribution in [2.45, 2.75) is 57.3 Å². The van der Waals surface area contributed by atoms with E-state index in [1.54, 1.807) is 22.9 Å². The second-order valence-electron chi connectivity index (χ2n) is 13.0. The maximum Gasteiger partial charge on any atom is 0.276 e. The van der Waals surface area contributed by atoms with Crippen LogP contribution in [0.25, 0.3) is 27.7 Å². The molecule has 0 aliphatic heterocycles. The molecule has 2 N–H and O–H groups in total. The second-order valence-corrected chi connectivity index (χ2v) is 15.0. The van der Waals surface area contributed by atoms with Gasteiger partial charge in [0, 0.05) is 28.6 Å². The predicted molar refractivity (Wildman–Crippen MR) is 173 cm³/mol. The van der Waals surface area contributed by atoms with Gasteiger partial charge in [-0.1, -0.05) is 77.9 Å². The number of hydrogen-bond acceptors (Lipinski definition) is 5. The molecule has 1 amide bonds. The Hall–Kier alpha value is -4.43. The number of aromatic hydroxyl groups is 1. The fraction of sp³-hybridized carbons (Fsp3) is 0.257. The number of nitrogens with one attached hydrogen (secondary N) is 1. The Morgan fingerprint density at radius 1 is 0.791 bits per heavy atom. The van der Waals surface area contributed by atoms with Crippen molar-refractivity contribution >= 4 is 32.2 Å². The lowest BCUT2D eigenvalue weighted by atomic mass is 9.79. The molecule has 7 nitrogen and oxygen atoms in total. The highest BCUT2D eigenvalue weighted by molar-refractivity contribution is 7.90. The van der Waals surface area contributed by atoms with Crippen molar-refractivity contribution in [2.24, 2.45) is 0 Å². The lowest BCUT2D eigenvalue weighted by Gasteiger charge is -2.28. The van der Waals surface area contributed by atoms with Crippen LogP contribution >= 0.6 is 0 Å². The Bertz CT molecular complexity index is 1920. The van der Waals surface area contributed by atoms with Crippen LogP contribution in [0.5, 0.6) is 5.75 Å². The first kappa shape index (κ1) is 30.0. The van der Waals surface area contributed by atoms with E-state index in [-0.39, 0.29) is 27.2 Å². The van der Waals surface area contributed by atoms with Gasteiger partial charge in [-0.15, -0.1) is 0 Å². The SMILES string of the molecule is CC(C)(C)c1cc(NC(=O)c2cc(-c3ccc4ccccc4c3)n(-c3ccc(S(C)(=O)=O)cc3)n2)cc(C(C)(C)C)c1O. The van der Waals surface area contributed by atoms with Gasteiger partial charge in [0.1, 0.15) is 5.75 Å². The van der Waals surface area contributed by atoms with Crippen LogP contribution in [0.4, 0.5) is 5.69 Å². The van der Waals surface area contributed by atoms with E-state index in [2.05, 4.69) is 5.32 Å². The number of carbonyl (C=O) groups is 1. The van der Waals surface area contributed by atoms with Gasteiger partial charge in [0.2, 0.25) is 0 Å². The highest BCUT2D eigenvalue weighted by Gasteiger charge is 2.27. The molecule has 222 valence electrons. The molecule has 1 aromatic heterocycles. The Morgan fingerprint density at radius 2 is 1.37 bits per heavy atom. The zero-order chi connectivity index (χ0) is 31.3. The minimum atomic E-state index is -3.37. The van der Waals surface area contributed by atoms with E-state index in [0.29, 0.717) is 17.1 Å². The van der Waals surface area contributed by atoms with Gasteiger partial charge in [0.05, 0.1) is 16.3 Å². The number of aromatic nitrogens is 2. The number of amides is 1. The van der Waals surface area contributed by atoms with Crippen LogP contribution in [0.2, 0.25) is 0 Å². The van der Waals surface area contributed by atoms with E-state index in [1.807, 2.05) is 96.1 Å². The first-order valence-corrected chi connectivity index (χ1v) is 16.0. The molecule has 4 aromatic carbocycles. The topological polar surface area (TPSA) is 101 Å². The summed E-state index contributed by atoms with van der Waals surface area (Å²) < 4.78 is 25.8. The monoisotopic (exact) mass is 595 g/mol. The third-order valence-electron chi connectivity index (χ3n) is 7.48. The summed E-state index contributed by atoms with van der Waals surface area (Å²) in [5, 5.41) is 20.9. The van der Waals surface area contributed by atoms with E-state index in [1.165, 1.54) is 18.4 Å². The molecule has 0 aliphatic rings. The number of phenols is 1. The molecular formula is C35H37N3O4S. The van der Waals surface area contributed by atoms with Crippen LogP contribution < -0.4 is 5.32 Å². The van der Waals surface area contributed by atoms with Crippen molar-refractivity contribution in [2.75, 3.05) is 11.6 Å². The predicted octanol–water partition coefficient (Wildman–Crippen LogP) is 7.65. The van der Waals surface area contributed by atoms with Crippen LogP contribution in [0.15, 0.2) is 89.8 Å². The van der Waals surface area contributed by atoms with Crippen molar-refractivity contribution in [3.05, 3.63) is 102 Å². The standard InChI is InChI=1S/C35H37N3O4S/c1-34(2,3)28-19-25(20-29(32(28)39)35(4,5)6)36-33(40)30-21-31(24-13-12-22-10-8-9-11-23(22)18-24)38(37-30)26-14-16-27(17-15-26)43(7,41)42/h8-21,39H,1-7H3,(H,36,40). The third-order valence-corrected chi connectivity index (χ3v) is 8.61. The molecule has 0 bridgehead atoms. The quantitative estimate of drug-likeness (QED) is 0.203. The molecule has 0 atom stereocenters. The van der Waals surface area contributed by atoms with Crippen LogP contribution in [-0.2, 0) is 20.7 Å². The minimum absolute atomic E-state index is 0.193. The summed E-state index contributed by atoms with van der Waals surface area (Å²) in [6.07, 6.45) is 1.17. The average Bonchev–Trinajstić information content (AvgIpc) is 3.38. The van der Waals surface area contributed by atoms with E-state index in [0.717, 1.165) is 27.5 Å². The minimum Gasteiger partial charge on any atom is -0.507 e. The van der Waals surface area contributed by atoms with E-state index in [4.69, 9.17) is 5.10 Å². The van der Waals surface area contributed by atoms with Gasteiger partial charge >= 0.3 is 0 Å². The summed E-state index contributed by atoms with van der Waals surface area (Å²) in [6.45, 7) is 12.1. The molecule has 0 radical (unpaired) electrons. The lowest BCUT2D eigenvalue weighted by molar-refractivity contribution is 0.102. The number of fused-ring (bicyclic) bond motifs is 1. The largest absolute Gasteiger partial charge is 0.507 e. The summed E-state index contributed by atoms with van der Waals surface area (Å²) in [4.78, 5) is 13.9. The molecule has 8 heteroatoms. The van der Waals surface area contributed by atoms with Gasteiger partial charge in [-0.2, -0.15) is 5.10 Å². The third kappa shape index (κ3) is 6.20. The maximum atomic E-state index is 13.7. The van der Waals surface area contributed by atoms with Crippen LogP contribution in [0, 0.1) is 0 Å². The molecule has 1 heterocycles. The number of hydrogen-bond donors (Lipinski definition) is 2.